The Labute approximate surface area is 165 Å². The Balaban J connectivity index is 1.79. The summed E-state index contributed by atoms with van der Waals surface area (Å²) in [6.45, 7) is 5.10. The molecule has 0 aromatic heterocycles. The molecular weight excluding hydrogens is 330 g/mol. The Bertz CT molecular complexity index is 667. The monoisotopic (exact) mass is 367 g/mol. The highest BCUT2D eigenvalue weighted by Gasteiger charge is 2.42. The van der Waals surface area contributed by atoms with Crippen LogP contribution in [0.25, 0.3) is 5.57 Å². The molecule has 1 unspecified atom stereocenters. The quantitative estimate of drug-likeness (QED) is 0.585. The standard InChI is InChI=1S/C25H37NO/c1-3-15-26-17-25(18-27-2)16-22(20-11-6-7-12-20)24-21(13-8-14-23(24)25)19-9-4-5-10-19/h8,13-14,16,19-20,26H,3-7,9-12,15,17-18H2,1-2H3. The van der Waals surface area contributed by atoms with Crippen LogP contribution in [0, 0.1) is 5.92 Å². The van der Waals surface area contributed by atoms with Crippen molar-refractivity contribution in [2.45, 2.75) is 76.0 Å². The van der Waals surface area contributed by atoms with Gasteiger partial charge in [0.05, 0.1) is 12.0 Å². The minimum Gasteiger partial charge on any atom is -0.383 e. The van der Waals surface area contributed by atoms with Gasteiger partial charge in [-0.15, -0.1) is 0 Å². The topological polar surface area (TPSA) is 21.3 Å². The van der Waals surface area contributed by atoms with E-state index in [-0.39, 0.29) is 5.41 Å². The highest BCUT2D eigenvalue weighted by Crippen LogP contribution is 2.51. The van der Waals surface area contributed by atoms with Crippen molar-refractivity contribution in [2.24, 2.45) is 5.92 Å². The number of nitrogens with one attached hydrogen (secondary N) is 1. The summed E-state index contributed by atoms with van der Waals surface area (Å²) in [5, 5.41) is 3.72. The predicted octanol–water partition coefficient (Wildman–Crippen LogP) is 5.82. The van der Waals surface area contributed by atoms with Gasteiger partial charge in [-0.2, -0.15) is 0 Å². The van der Waals surface area contributed by atoms with Gasteiger partial charge in [0.15, 0.2) is 0 Å². The second-order valence-corrected chi connectivity index (χ2v) is 9.10. The number of ether oxygens (including phenoxy) is 1. The molecule has 0 heterocycles. The van der Waals surface area contributed by atoms with E-state index in [2.05, 4.69) is 36.5 Å². The van der Waals surface area contributed by atoms with E-state index in [4.69, 9.17) is 4.74 Å². The summed E-state index contributed by atoms with van der Waals surface area (Å²) in [6.07, 6.45) is 14.9. The number of allylic oxidation sites excluding steroid dienone is 1. The Hall–Kier alpha value is -1.12. The lowest BCUT2D eigenvalue weighted by Crippen LogP contribution is -2.39. The number of rotatable bonds is 8. The smallest absolute Gasteiger partial charge is 0.0606 e. The van der Waals surface area contributed by atoms with Crippen LogP contribution in [0.15, 0.2) is 24.3 Å². The van der Waals surface area contributed by atoms with Crippen molar-refractivity contribution in [3.05, 3.63) is 41.0 Å². The van der Waals surface area contributed by atoms with Crippen molar-refractivity contribution in [3.63, 3.8) is 0 Å². The lowest BCUT2D eigenvalue weighted by Gasteiger charge is -2.30. The highest BCUT2D eigenvalue weighted by atomic mass is 16.5. The average Bonchev–Trinajstić information content (AvgIpc) is 3.43. The molecule has 0 saturated heterocycles. The Morgan fingerprint density at radius 1 is 1.04 bits per heavy atom. The SMILES string of the molecule is CCCNCC1(COC)C=C(C2CCCC2)c2c(C3CCCC3)cccc21. The molecule has 0 aliphatic heterocycles. The van der Waals surface area contributed by atoms with Crippen LogP contribution in [0.5, 0.6) is 0 Å². The summed E-state index contributed by atoms with van der Waals surface area (Å²) in [5.41, 5.74) is 6.49. The maximum Gasteiger partial charge on any atom is 0.0606 e. The van der Waals surface area contributed by atoms with Crippen molar-refractivity contribution in [2.75, 3.05) is 26.8 Å². The van der Waals surface area contributed by atoms with Gasteiger partial charge in [-0.3, -0.25) is 0 Å². The first-order chi connectivity index (χ1) is 13.3. The summed E-state index contributed by atoms with van der Waals surface area (Å²) in [6, 6.07) is 7.17. The zero-order valence-electron chi connectivity index (χ0n) is 17.4. The molecule has 1 N–H and O–H groups in total. The van der Waals surface area contributed by atoms with Crippen molar-refractivity contribution in [1.82, 2.24) is 5.32 Å². The fourth-order valence-electron chi connectivity index (χ4n) is 5.95. The number of hydrogen-bond donors (Lipinski definition) is 1. The van der Waals surface area contributed by atoms with Gasteiger partial charge in [-0.05, 0) is 72.7 Å². The van der Waals surface area contributed by atoms with Gasteiger partial charge in [0.1, 0.15) is 0 Å². The average molecular weight is 368 g/mol. The van der Waals surface area contributed by atoms with E-state index in [1.807, 2.05) is 7.11 Å². The second-order valence-electron chi connectivity index (χ2n) is 9.10. The van der Waals surface area contributed by atoms with Gasteiger partial charge in [0.25, 0.3) is 0 Å². The van der Waals surface area contributed by atoms with E-state index in [0.717, 1.165) is 31.5 Å². The molecule has 1 aromatic rings. The molecule has 3 aliphatic carbocycles. The van der Waals surface area contributed by atoms with Crippen molar-refractivity contribution >= 4 is 5.57 Å². The first-order valence-corrected chi connectivity index (χ1v) is 11.3. The molecule has 4 rings (SSSR count). The molecule has 2 nitrogen and oxygen atoms in total. The van der Waals surface area contributed by atoms with E-state index in [1.165, 1.54) is 57.8 Å². The van der Waals surface area contributed by atoms with Crippen molar-refractivity contribution in [3.8, 4) is 0 Å². The molecule has 0 bridgehead atoms. The maximum absolute atomic E-state index is 5.81. The fourth-order valence-corrected chi connectivity index (χ4v) is 5.95. The molecular formula is C25H37NO. The number of methoxy groups -OCH3 is 1. The molecule has 0 spiro atoms. The molecule has 0 radical (unpaired) electrons. The van der Waals surface area contributed by atoms with E-state index >= 15 is 0 Å². The van der Waals surface area contributed by atoms with Crippen LogP contribution in [-0.4, -0.2) is 26.8 Å². The van der Waals surface area contributed by atoms with E-state index in [1.54, 1.807) is 22.3 Å². The molecule has 1 atom stereocenters. The minimum atomic E-state index is 0.00574. The van der Waals surface area contributed by atoms with Gasteiger partial charge >= 0.3 is 0 Å². The summed E-state index contributed by atoms with van der Waals surface area (Å²) < 4.78 is 5.81. The van der Waals surface area contributed by atoms with E-state index < -0.39 is 0 Å². The number of hydrogen-bond acceptors (Lipinski definition) is 2. The summed E-state index contributed by atoms with van der Waals surface area (Å²) >= 11 is 0. The fraction of sp³-hybridized carbons (Fsp3) is 0.680. The zero-order valence-corrected chi connectivity index (χ0v) is 17.4. The van der Waals surface area contributed by atoms with E-state index in [0.29, 0.717) is 0 Å². The van der Waals surface area contributed by atoms with Crippen molar-refractivity contribution < 1.29 is 4.74 Å². The lowest BCUT2D eigenvalue weighted by atomic mass is 9.80. The van der Waals surface area contributed by atoms with Gasteiger partial charge in [0, 0.05) is 13.7 Å². The zero-order chi connectivity index (χ0) is 18.7. The normalized spacial score (nSPS) is 25.9. The minimum absolute atomic E-state index is 0.00574. The van der Waals surface area contributed by atoms with Gasteiger partial charge < -0.3 is 10.1 Å². The third kappa shape index (κ3) is 3.63. The molecule has 2 heteroatoms. The van der Waals surface area contributed by atoms with Crippen LogP contribution in [-0.2, 0) is 10.2 Å². The lowest BCUT2D eigenvalue weighted by molar-refractivity contribution is 0.151. The van der Waals surface area contributed by atoms with Crippen LogP contribution in [0.1, 0.15) is 87.3 Å². The molecule has 2 saturated carbocycles. The molecule has 2 fully saturated rings. The van der Waals surface area contributed by atoms with Gasteiger partial charge in [0.2, 0.25) is 0 Å². The third-order valence-corrected chi connectivity index (χ3v) is 7.21. The Morgan fingerprint density at radius 2 is 1.74 bits per heavy atom. The molecule has 148 valence electrons. The number of fused-ring (bicyclic) bond motifs is 1. The van der Waals surface area contributed by atoms with Crippen molar-refractivity contribution in [1.29, 1.82) is 0 Å². The number of benzene rings is 1. The van der Waals surface area contributed by atoms with Crippen LogP contribution < -0.4 is 5.32 Å². The maximum atomic E-state index is 5.81. The van der Waals surface area contributed by atoms with Gasteiger partial charge in [-0.25, -0.2) is 0 Å². The Kier molecular flexibility index (Phi) is 6.04. The molecule has 1 aromatic carbocycles. The van der Waals surface area contributed by atoms with Gasteiger partial charge in [-0.1, -0.05) is 56.9 Å². The first kappa shape index (κ1) is 19.2. The predicted molar refractivity (Wildman–Crippen MR) is 114 cm³/mol. The largest absolute Gasteiger partial charge is 0.383 e. The molecule has 0 amide bonds. The molecule has 3 aliphatic rings. The third-order valence-electron chi connectivity index (χ3n) is 7.21. The van der Waals surface area contributed by atoms with Crippen LogP contribution >= 0.6 is 0 Å². The summed E-state index contributed by atoms with van der Waals surface area (Å²) in [7, 11) is 1.86. The first-order valence-electron chi connectivity index (χ1n) is 11.3. The second kappa shape index (κ2) is 8.49. The summed E-state index contributed by atoms with van der Waals surface area (Å²) in [5.74, 6) is 1.53. The van der Waals surface area contributed by atoms with Crippen LogP contribution in [0.3, 0.4) is 0 Å². The molecule has 27 heavy (non-hydrogen) atoms. The van der Waals surface area contributed by atoms with E-state index in [9.17, 15) is 0 Å². The Morgan fingerprint density at radius 3 is 2.41 bits per heavy atom. The van der Waals surface area contributed by atoms with Crippen LogP contribution in [0.4, 0.5) is 0 Å². The highest BCUT2D eigenvalue weighted by molar-refractivity contribution is 5.81. The summed E-state index contributed by atoms with van der Waals surface area (Å²) in [4.78, 5) is 0. The van der Waals surface area contributed by atoms with Crippen LogP contribution in [0.2, 0.25) is 0 Å².